The quantitative estimate of drug-likeness (QED) is 0.635. The Balaban J connectivity index is 3.43. The smallest absolute Gasteiger partial charge is 0.313 e. The number of nitro groups is 1. The number of aliphatic hydroxyl groups excluding tert-OH is 1. The molecule has 0 aliphatic rings. The molecule has 0 aliphatic carbocycles. The number of rotatable bonds is 6. The molecule has 1 heterocycles. The van der Waals surface area contributed by atoms with Gasteiger partial charge in [-0.3, -0.25) is 14.8 Å². The Labute approximate surface area is 113 Å². The lowest BCUT2D eigenvalue weighted by molar-refractivity contribution is -0.386. The summed E-state index contributed by atoms with van der Waals surface area (Å²) in [6.07, 6.45) is 0.733. The predicted molar refractivity (Wildman–Crippen MR) is 73.1 cm³/mol. The van der Waals surface area contributed by atoms with Crippen LogP contribution in [0.4, 0.5) is 5.69 Å². The average Bonchev–Trinajstić information content (AvgIpc) is 2.55. The van der Waals surface area contributed by atoms with Crippen LogP contribution in [0, 0.1) is 16.0 Å². The van der Waals surface area contributed by atoms with Crippen LogP contribution >= 0.6 is 0 Å². The van der Waals surface area contributed by atoms with Crippen molar-refractivity contribution >= 4 is 5.69 Å². The van der Waals surface area contributed by atoms with E-state index in [0.717, 1.165) is 6.42 Å². The van der Waals surface area contributed by atoms with E-state index < -0.39 is 6.10 Å². The molecule has 0 amide bonds. The van der Waals surface area contributed by atoms with Crippen LogP contribution in [-0.4, -0.2) is 25.9 Å². The van der Waals surface area contributed by atoms with Gasteiger partial charge in [0.2, 0.25) is 0 Å². The minimum Gasteiger partial charge on any atom is -0.393 e. The van der Waals surface area contributed by atoms with Crippen LogP contribution in [0.5, 0.6) is 0 Å². The van der Waals surface area contributed by atoms with Crippen molar-refractivity contribution in [3.8, 4) is 0 Å². The standard InChI is InChI=1S/C13H23N3O3/c1-6-7-10-12(16(18)19)13(15(5)14-10)11(8(2)3)9(4)17/h8-9,11,17H,6-7H2,1-5H3. The first kappa shape index (κ1) is 15.6. The molecule has 0 aliphatic heterocycles. The van der Waals surface area contributed by atoms with Crippen molar-refractivity contribution in [3.63, 3.8) is 0 Å². The van der Waals surface area contributed by atoms with E-state index in [0.29, 0.717) is 17.8 Å². The Kier molecular flexibility index (Phi) is 5.05. The van der Waals surface area contributed by atoms with Crippen LogP contribution in [0.1, 0.15) is 51.4 Å². The topological polar surface area (TPSA) is 81.2 Å². The van der Waals surface area contributed by atoms with E-state index in [1.807, 2.05) is 20.8 Å². The number of nitrogens with zero attached hydrogens (tertiary/aromatic N) is 3. The van der Waals surface area contributed by atoms with E-state index in [1.54, 1.807) is 18.7 Å². The molecule has 1 aromatic heterocycles. The minimum atomic E-state index is -0.649. The third-order valence-electron chi connectivity index (χ3n) is 3.36. The molecule has 6 nitrogen and oxygen atoms in total. The van der Waals surface area contributed by atoms with Crippen molar-refractivity contribution in [2.24, 2.45) is 13.0 Å². The van der Waals surface area contributed by atoms with Gasteiger partial charge in [0.05, 0.1) is 11.0 Å². The van der Waals surface area contributed by atoms with Crippen molar-refractivity contribution in [2.45, 2.75) is 52.6 Å². The molecule has 0 radical (unpaired) electrons. The lowest BCUT2D eigenvalue weighted by Crippen LogP contribution is -2.23. The monoisotopic (exact) mass is 269 g/mol. The van der Waals surface area contributed by atoms with Crippen LogP contribution in [0.3, 0.4) is 0 Å². The second-order valence-corrected chi connectivity index (χ2v) is 5.32. The maximum atomic E-state index is 11.4. The summed E-state index contributed by atoms with van der Waals surface area (Å²) >= 11 is 0. The summed E-state index contributed by atoms with van der Waals surface area (Å²) in [6.45, 7) is 7.54. The molecule has 2 atom stereocenters. The van der Waals surface area contributed by atoms with Gasteiger partial charge in [-0.25, -0.2) is 0 Å². The molecule has 1 N–H and O–H groups in total. The Morgan fingerprint density at radius 1 is 1.42 bits per heavy atom. The van der Waals surface area contributed by atoms with Gasteiger partial charge in [-0.05, 0) is 19.3 Å². The van der Waals surface area contributed by atoms with Crippen molar-refractivity contribution < 1.29 is 10.0 Å². The van der Waals surface area contributed by atoms with Crippen molar-refractivity contribution in [1.29, 1.82) is 0 Å². The van der Waals surface area contributed by atoms with Crippen LogP contribution in [0.15, 0.2) is 0 Å². The van der Waals surface area contributed by atoms with Gasteiger partial charge < -0.3 is 5.11 Å². The van der Waals surface area contributed by atoms with E-state index in [1.165, 1.54) is 0 Å². The third kappa shape index (κ3) is 3.12. The number of hydrogen-bond acceptors (Lipinski definition) is 4. The second-order valence-electron chi connectivity index (χ2n) is 5.32. The minimum absolute atomic E-state index is 0.0731. The molecule has 19 heavy (non-hydrogen) atoms. The average molecular weight is 269 g/mol. The highest BCUT2D eigenvalue weighted by Gasteiger charge is 2.35. The number of aromatic nitrogens is 2. The highest BCUT2D eigenvalue weighted by Crippen LogP contribution is 2.36. The van der Waals surface area contributed by atoms with Crippen LogP contribution in [0.25, 0.3) is 0 Å². The summed E-state index contributed by atoms with van der Waals surface area (Å²) in [5.41, 5.74) is 1.11. The summed E-state index contributed by atoms with van der Waals surface area (Å²) in [6, 6.07) is 0. The number of hydrogen-bond donors (Lipinski definition) is 1. The van der Waals surface area contributed by atoms with Gasteiger partial charge >= 0.3 is 5.69 Å². The molecule has 6 heteroatoms. The largest absolute Gasteiger partial charge is 0.393 e. The van der Waals surface area contributed by atoms with E-state index in [2.05, 4.69) is 5.10 Å². The fourth-order valence-electron chi connectivity index (χ4n) is 2.66. The molecule has 0 aromatic carbocycles. The van der Waals surface area contributed by atoms with Gasteiger partial charge in [-0.15, -0.1) is 0 Å². The van der Waals surface area contributed by atoms with Gasteiger partial charge in [0.15, 0.2) is 0 Å². The van der Waals surface area contributed by atoms with Crippen molar-refractivity contribution in [2.75, 3.05) is 0 Å². The van der Waals surface area contributed by atoms with Crippen molar-refractivity contribution in [3.05, 3.63) is 21.5 Å². The molecule has 0 saturated carbocycles. The molecule has 0 bridgehead atoms. The van der Waals surface area contributed by atoms with Gasteiger partial charge in [0, 0.05) is 13.0 Å². The number of aryl methyl sites for hydroxylation is 2. The molecular weight excluding hydrogens is 246 g/mol. The molecule has 0 spiro atoms. The fourth-order valence-corrected chi connectivity index (χ4v) is 2.66. The van der Waals surface area contributed by atoms with Gasteiger partial charge in [-0.2, -0.15) is 5.10 Å². The maximum absolute atomic E-state index is 11.4. The first-order chi connectivity index (χ1) is 8.81. The summed E-state index contributed by atoms with van der Waals surface area (Å²) < 4.78 is 1.56. The zero-order valence-corrected chi connectivity index (χ0v) is 12.3. The van der Waals surface area contributed by atoms with E-state index in [-0.39, 0.29) is 22.4 Å². The third-order valence-corrected chi connectivity index (χ3v) is 3.36. The molecule has 2 unspecified atom stereocenters. The summed E-state index contributed by atoms with van der Waals surface area (Å²) in [5, 5.41) is 25.6. The Hall–Kier alpha value is -1.43. The zero-order chi connectivity index (χ0) is 14.7. The molecule has 1 aromatic rings. The molecule has 0 saturated heterocycles. The molecule has 0 fully saturated rings. The highest BCUT2D eigenvalue weighted by molar-refractivity contribution is 5.44. The molecule has 1 rings (SSSR count). The summed E-state index contributed by atoms with van der Waals surface area (Å²) in [7, 11) is 1.71. The van der Waals surface area contributed by atoms with Crippen LogP contribution in [0.2, 0.25) is 0 Å². The zero-order valence-electron chi connectivity index (χ0n) is 12.3. The molecular formula is C13H23N3O3. The highest BCUT2D eigenvalue weighted by atomic mass is 16.6. The predicted octanol–water partition coefficient (Wildman–Crippen LogP) is 2.40. The van der Waals surface area contributed by atoms with Crippen LogP contribution < -0.4 is 0 Å². The maximum Gasteiger partial charge on any atom is 0.313 e. The Morgan fingerprint density at radius 2 is 2.00 bits per heavy atom. The normalized spacial score (nSPS) is 14.7. The van der Waals surface area contributed by atoms with Crippen molar-refractivity contribution in [1.82, 2.24) is 9.78 Å². The fraction of sp³-hybridized carbons (Fsp3) is 0.769. The Morgan fingerprint density at radius 3 is 2.37 bits per heavy atom. The van der Waals surface area contributed by atoms with Gasteiger partial charge in [0.25, 0.3) is 0 Å². The number of aliphatic hydroxyl groups is 1. The van der Waals surface area contributed by atoms with Gasteiger partial charge in [-0.1, -0.05) is 27.2 Å². The lowest BCUT2D eigenvalue weighted by Gasteiger charge is -2.23. The van der Waals surface area contributed by atoms with E-state index in [4.69, 9.17) is 0 Å². The summed E-state index contributed by atoms with van der Waals surface area (Å²) in [4.78, 5) is 11.0. The second kappa shape index (κ2) is 6.14. The summed E-state index contributed by atoms with van der Waals surface area (Å²) in [5.74, 6) is -0.188. The van der Waals surface area contributed by atoms with Crippen LogP contribution in [-0.2, 0) is 13.5 Å². The molecule has 108 valence electrons. The van der Waals surface area contributed by atoms with E-state index in [9.17, 15) is 15.2 Å². The van der Waals surface area contributed by atoms with Gasteiger partial charge in [0.1, 0.15) is 11.4 Å². The van der Waals surface area contributed by atoms with E-state index >= 15 is 0 Å². The first-order valence-electron chi connectivity index (χ1n) is 6.69. The lowest BCUT2D eigenvalue weighted by atomic mass is 9.87. The Bertz CT molecular complexity index is 444. The SMILES string of the molecule is CCCc1nn(C)c(C(C(C)C)C(C)O)c1[N+](=O)[O-]. The first-order valence-corrected chi connectivity index (χ1v) is 6.69.